The first-order valence-corrected chi connectivity index (χ1v) is 13.8. The van der Waals surface area contributed by atoms with E-state index in [4.69, 9.17) is 10.5 Å². The molecule has 3 N–H and O–H groups in total. The highest BCUT2D eigenvalue weighted by Crippen LogP contribution is 2.42. The van der Waals surface area contributed by atoms with Crippen LogP contribution in [0, 0.1) is 11.3 Å². The van der Waals surface area contributed by atoms with Crippen LogP contribution in [0.25, 0.3) is 11.6 Å². The van der Waals surface area contributed by atoms with Crippen LogP contribution in [0.3, 0.4) is 0 Å². The van der Waals surface area contributed by atoms with Gasteiger partial charge in [-0.15, -0.1) is 0 Å². The van der Waals surface area contributed by atoms with Crippen LogP contribution in [-0.4, -0.2) is 29.9 Å². The first kappa shape index (κ1) is 27.9. The van der Waals surface area contributed by atoms with E-state index in [1.807, 2.05) is 25.3 Å². The van der Waals surface area contributed by atoms with Crippen molar-refractivity contribution in [1.82, 2.24) is 5.32 Å². The molecule has 0 aliphatic carbocycles. The fourth-order valence-corrected chi connectivity index (χ4v) is 5.45. The second-order valence-electron chi connectivity index (χ2n) is 10.7. The summed E-state index contributed by atoms with van der Waals surface area (Å²) in [7, 11) is 0. The van der Waals surface area contributed by atoms with Gasteiger partial charge in [0.25, 0.3) is 0 Å². The van der Waals surface area contributed by atoms with Gasteiger partial charge >= 0.3 is 5.97 Å². The number of hydrogen-bond acceptors (Lipinski definition) is 4. The molecule has 0 aromatic heterocycles. The van der Waals surface area contributed by atoms with E-state index in [-0.39, 0.29) is 12.1 Å². The van der Waals surface area contributed by atoms with Crippen LogP contribution in [-0.2, 0) is 17.6 Å². The van der Waals surface area contributed by atoms with E-state index in [1.54, 1.807) is 6.08 Å². The molecule has 0 radical (unpaired) electrons. The molecular weight excluding hydrogens is 482 g/mol. The highest BCUT2D eigenvalue weighted by Gasteiger charge is 2.33. The highest BCUT2D eigenvalue weighted by atomic mass is 16.4. The molecule has 0 bridgehead atoms. The summed E-state index contributed by atoms with van der Waals surface area (Å²) in [6.45, 7) is 9.62. The van der Waals surface area contributed by atoms with E-state index in [0.29, 0.717) is 5.92 Å². The van der Waals surface area contributed by atoms with Gasteiger partial charge < -0.3 is 20.7 Å². The van der Waals surface area contributed by atoms with Crippen molar-refractivity contribution in [3.63, 3.8) is 0 Å². The number of anilines is 1. The van der Waals surface area contributed by atoms with Crippen molar-refractivity contribution in [3.05, 3.63) is 112 Å². The Morgan fingerprint density at radius 1 is 1.10 bits per heavy atom. The van der Waals surface area contributed by atoms with Crippen molar-refractivity contribution < 1.29 is 9.90 Å². The number of fused-ring (bicyclic) bond motifs is 1. The first-order valence-electron chi connectivity index (χ1n) is 13.8. The molecule has 0 amide bonds. The van der Waals surface area contributed by atoms with Crippen LogP contribution in [0.2, 0.25) is 0 Å². The SMILES string of the molecule is CCN/C=C(\C=N)c1ccc2c(c1)CC(C)N(c1ccc(CC(C)C)cc1)C2c1ccc(/C=C/C(=O)O)cc1. The van der Waals surface area contributed by atoms with Crippen LogP contribution in [0.5, 0.6) is 0 Å². The average Bonchev–Trinajstić information content (AvgIpc) is 2.92. The minimum atomic E-state index is -0.954. The van der Waals surface area contributed by atoms with E-state index >= 15 is 0 Å². The second kappa shape index (κ2) is 12.6. The van der Waals surface area contributed by atoms with Gasteiger partial charge in [-0.1, -0.05) is 68.4 Å². The summed E-state index contributed by atoms with van der Waals surface area (Å²) in [5, 5.41) is 20.2. The molecule has 5 nitrogen and oxygen atoms in total. The average molecular weight is 522 g/mol. The van der Waals surface area contributed by atoms with Gasteiger partial charge in [0.1, 0.15) is 0 Å². The van der Waals surface area contributed by atoms with Crippen molar-refractivity contribution in [2.75, 3.05) is 11.4 Å². The molecule has 1 heterocycles. The molecule has 1 aliphatic rings. The minimum Gasteiger partial charge on any atom is -0.478 e. The van der Waals surface area contributed by atoms with Gasteiger partial charge in [0, 0.05) is 42.3 Å². The molecule has 0 spiro atoms. The number of rotatable bonds is 10. The summed E-state index contributed by atoms with van der Waals surface area (Å²) in [5.74, 6) is -0.343. The maximum absolute atomic E-state index is 11.0. The number of hydrogen-bond donors (Lipinski definition) is 3. The Morgan fingerprint density at radius 2 is 1.82 bits per heavy atom. The van der Waals surface area contributed by atoms with Crippen molar-refractivity contribution in [2.24, 2.45) is 5.92 Å². The number of nitrogens with zero attached hydrogens (tertiary/aromatic N) is 1. The standard InChI is InChI=1S/C34H39N3O2/c1-5-36-22-30(21-35)28-13-16-32-29(20-28)19-24(4)37(31-14-8-26(9-15-31)18-23(2)3)34(32)27-11-6-25(7-12-27)10-17-33(38)39/h6-17,20-24,34-36H,5,18-19H2,1-4H3,(H,38,39)/b17-10+,30-22+,35-21?. The summed E-state index contributed by atoms with van der Waals surface area (Å²) >= 11 is 0. The lowest BCUT2D eigenvalue weighted by molar-refractivity contribution is -0.131. The maximum atomic E-state index is 11.0. The Labute approximate surface area is 232 Å². The van der Waals surface area contributed by atoms with E-state index in [1.165, 1.54) is 34.7 Å². The molecule has 202 valence electrons. The lowest BCUT2D eigenvalue weighted by Crippen LogP contribution is -2.43. The molecular formula is C34H39N3O2. The van der Waals surface area contributed by atoms with Crippen molar-refractivity contribution >= 4 is 29.5 Å². The molecule has 3 aromatic carbocycles. The van der Waals surface area contributed by atoms with E-state index in [9.17, 15) is 4.79 Å². The summed E-state index contributed by atoms with van der Waals surface area (Å²) in [6, 6.07) is 24.0. The van der Waals surface area contributed by atoms with Gasteiger partial charge in [-0.2, -0.15) is 0 Å². The van der Waals surface area contributed by atoms with Crippen LogP contribution in [0.1, 0.15) is 67.1 Å². The third-order valence-corrected chi connectivity index (χ3v) is 7.21. The predicted octanol–water partition coefficient (Wildman–Crippen LogP) is 7.12. The monoisotopic (exact) mass is 521 g/mol. The lowest BCUT2D eigenvalue weighted by Gasteiger charge is -2.44. The topological polar surface area (TPSA) is 76.4 Å². The highest BCUT2D eigenvalue weighted by molar-refractivity contribution is 6.08. The van der Waals surface area contributed by atoms with E-state index in [2.05, 4.69) is 85.6 Å². The molecule has 0 saturated carbocycles. The van der Waals surface area contributed by atoms with Gasteiger partial charge in [0.05, 0.1) is 6.04 Å². The van der Waals surface area contributed by atoms with E-state index in [0.717, 1.165) is 41.6 Å². The zero-order chi connectivity index (χ0) is 27.9. The molecule has 2 atom stereocenters. The number of benzene rings is 3. The molecule has 4 rings (SSSR count). The van der Waals surface area contributed by atoms with Gasteiger partial charge in [0.2, 0.25) is 0 Å². The van der Waals surface area contributed by atoms with Crippen molar-refractivity contribution in [2.45, 2.75) is 52.6 Å². The number of carboxylic acid groups (broad SMARTS) is 1. The summed E-state index contributed by atoms with van der Waals surface area (Å²) in [6.07, 6.45) is 8.07. The fraction of sp³-hybridized carbons (Fsp3) is 0.294. The Balaban J connectivity index is 1.79. The number of carbonyl (C=O) groups is 1. The predicted molar refractivity (Wildman–Crippen MR) is 162 cm³/mol. The molecule has 1 aliphatic heterocycles. The molecule has 0 fully saturated rings. The summed E-state index contributed by atoms with van der Waals surface area (Å²) in [5.41, 5.74) is 9.00. The zero-order valence-electron chi connectivity index (χ0n) is 23.3. The van der Waals surface area contributed by atoms with Crippen molar-refractivity contribution in [3.8, 4) is 0 Å². The summed E-state index contributed by atoms with van der Waals surface area (Å²) < 4.78 is 0. The first-order chi connectivity index (χ1) is 18.8. The Morgan fingerprint density at radius 3 is 2.44 bits per heavy atom. The van der Waals surface area contributed by atoms with Crippen LogP contribution >= 0.6 is 0 Å². The Kier molecular flexibility index (Phi) is 9.03. The lowest BCUT2D eigenvalue weighted by atomic mass is 9.83. The van der Waals surface area contributed by atoms with Crippen LogP contribution in [0.15, 0.2) is 79.0 Å². The Hall–Kier alpha value is -4.12. The van der Waals surface area contributed by atoms with Gasteiger partial charge in [-0.3, -0.25) is 0 Å². The third kappa shape index (κ3) is 6.66. The second-order valence-corrected chi connectivity index (χ2v) is 10.7. The smallest absolute Gasteiger partial charge is 0.328 e. The molecule has 2 unspecified atom stereocenters. The van der Waals surface area contributed by atoms with Gasteiger partial charge in [-0.05, 0) is 84.2 Å². The third-order valence-electron chi connectivity index (χ3n) is 7.21. The number of carboxylic acids is 1. The number of nitrogens with one attached hydrogen (secondary N) is 2. The molecule has 39 heavy (non-hydrogen) atoms. The number of allylic oxidation sites excluding steroid dienone is 1. The van der Waals surface area contributed by atoms with E-state index < -0.39 is 5.97 Å². The molecule has 5 heteroatoms. The van der Waals surface area contributed by atoms with Crippen LogP contribution in [0.4, 0.5) is 5.69 Å². The van der Waals surface area contributed by atoms with Crippen molar-refractivity contribution in [1.29, 1.82) is 5.41 Å². The zero-order valence-corrected chi connectivity index (χ0v) is 23.3. The fourth-order valence-electron chi connectivity index (χ4n) is 5.45. The molecule has 0 saturated heterocycles. The van der Waals surface area contributed by atoms with Gasteiger partial charge in [-0.25, -0.2) is 4.79 Å². The molecule has 3 aromatic rings. The quantitative estimate of drug-likeness (QED) is 0.196. The minimum absolute atomic E-state index is 0.00688. The largest absolute Gasteiger partial charge is 0.478 e. The summed E-state index contributed by atoms with van der Waals surface area (Å²) in [4.78, 5) is 13.5. The van der Waals surface area contributed by atoms with Gasteiger partial charge in [0.15, 0.2) is 0 Å². The Bertz CT molecular complexity index is 1350. The van der Waals surface area contributed by atoms with Crippen LogP contribution < -0.4 is 10.2 Å². The number of aliphatic carboxylic acids is 1. The maximum Gasteiger partial charge on any atom is 0.328 e. The normalized spacial score (nSPS) is 17.4.